The van der Waals surface area contributed by atoms with Gasteiger partial charge in [-0.2, -0.15) is 5.10 Å². The molecular formula is C21H32N6O2. The summed E-state index contributed by atoms with van der Waals surface area (Å²) in [5, 5.41) is 10.7. The van der Waals surface area contributed by atoms with Gasteiger partial charge >= 0.3 is 6.09 Å². The Bertz CT molecular complexity index is 820. The van der Waals surface area contributed by atoms with Gasteiger partial charge in [-0.05, 0) is 38.0 Å². The molecule has 0 aliphatic heterocycles. The summed E-state index contributed by atoms with van der Waals surface area (Å²) in [6.45, 7) is 7.37. The van der Waals surface area contributed by atoms with Gasteiger partial charge in [-0.3, -0.25) is 9.67 Å². The fourth-order valence-electron chi connectivity index (χ4n) is 2.60. The van der Waals surface area contributed by atoms with Crippen LogP contribution in [0.1, 0.15) is 37.6 Å². The molecule has 29 heavy (non-hydrogen) atoms. The number of amides is 1. The summed E-state index contributed by atoms with van der Waals surface area (Å²) in [7, 11) is 5.39. The third-order valence-corrected chi connectivity index (χ3v) is 4.19. The van der Waals surface area contributed by atoms with Crippen LogP contribution in [0.25, 0.3) is 0 Å². The van der Waals surface area contributed by atoms with E-state index in [-0.39, 0.29) is 6.09 Å². The number of aryl methyl sites for hydroxylation is 1. The summed E-state index contributed by atoms with van der Waals surface area (Å²) in [5.41, 5.74) is 2.74. The van der Waals surface area contributed by atoms with Crippen LogP contribution >= 0.6 is 0 Å². The second-order valence-corrected chi connectivity index (χ2v) is 7.88. The van der Waals surface area contributed by atoms with Gasteiger partial charge in [0.15, 0.2) is 5.96 Å². The van der Waals surface area contributed by atoms with Crippen LogP contribution in [0.3, 0.4) is 0 Å². The fraction of sp³-hybridized carbons (Fsp3) is 0.476. The van der Waals surface area contributed by atoms with Crippen molar-refractivity contribution in [3.8, 4) is 0 Å². The van der Waals surface area contributed by atoms with Gasteiger partial charge in [0.05, 0.1) is 12.2 Å². The Balaban J connectivity index is 1.82. The first-order valence-electron chi connectivity index (χ1n) is 9.61. The fourth-order valence-corrected chi connectivity index (χ4v) is 2.60. The number of aromatic nitrogens is 2. The van der Waals surface area contributed by atoms with E-state index in [0.29, 0.717) is 19.6 Å². The number of carbonyl (C=O) groups excluding carboxylic acids is 1. The topological polar surface area (TPSA) is 83.8 Å². The summed E-state index contributed by atoms with van der Waals surface area (Å²) in [4.78, 5) is 17.9. The molecule has 2 rings (SSSR count). The highest BCUT2D eigenvalue weighted by atomic mass is 16.6. The largest absolute Gasteiger partial charge is 0.444 e. The molecule has 0 atom stereocenters. The van der Waals surface area contributed by atoms with Gasteiger partial charge in [-0.25, -0.2) is 4.79 Å². The van der Waals surface area contributed by atoms with Crippen LogP contribution < -0.4 is 10.6 Å². The maximum Gasteiger partial charge on any atom is 0.410 e. The van der Waals surface area contributed by atoms with Crippen LogP contribution in [0, 0.1) is 0 Å². The van der Waals surface area contributed by atoms with E-state index in [4.69, 9.17) is 4.74 Å². The Kier molecular flexibility index (Phi) is 7.64. The van der Waals surface area contributed by atoms with Gasteiger partial charge in [-0.1, -0.05) is 24.3 Å². The summed E-state index contributed by atoms with van der Waals surface area (Å²) >= 11 is 0. The van der Waals surface area contributed by atoms with E-state index in [0.717, 1.165) is 22.8 Å². The number of aliphatic imine (C=N–C) groups is 1. The Morgan fingerprint density at radius 1 is 1.14 bits per heavy atom. The average molecular weight is 401 g/mol. The second kappa shape index (κ2) is 9.95. The lowest BCUT2D eigenvalue weighted by Gasteiger charge is -2.24. The minimum Gasteiger partial charge on any atom is -0.444 e. The van der Waals surface area contributed by atoms with Crippen LogP contribution in [0.2, 0.25) is 0 Å². The van der Waals surface area contributed by atoms with Gasteiger partial charge in [0, 0.05) is 40.4 Å². The number of hydrogen-bond acceptors (Lipinski definition) is 4. The second-order valence-electron chi connectivity index (χ2n) is 7.88. The molecule has 0 aliphatic carbocycles. The molecule has 8 nitrogen and oxygen atoms in total. The molecule has 1 aromatic heterocycles. The third-order valence-electron chi connectivity index (χ3n) is 4.19. The van der Waals surface area contributed by atoms with E-state index >= 15 is 0 Å². The molecule has 8 heteroatoms. The number of guanidine groups is 1. The zero-order valence-corrected chi connectivity index (χ0v) is 18.2. The van der Waals surface area contributed by atoms with Crippen LogP contribution in [-0.2, 0) is 31.4 Å². The first kappa shape index (κ1) is 22.3. The lowest BCUT2D eigenvalue weighted by molar-refractivity contribution is 0.0285. The van der Waals surface area contributed by atoms with Gasteiger partial charge in [-0.15, -0.1) is 0 Å². The lowest BCUT2D eigenvalue weighted by atomic mass is 10.1. The van der Waals surface area contributed by atoms with Crippen molar-refractivity contribution in [1.82, 2.24) is 25.3 Å². The highest BCUT2D eigenvalue weighted by molar-refractivity contribution is 5.79. The number of nitrogens with one attached hydrogen (secondary N) is 2. The minimum atomic E-state index is -0.496. The van der Waals surface area contributed by atoms with Gasteiger partial charge in [0.25, 0.3) is 0 Å². The highest BCUT2D eigenvalue weighted by Crippen LogP contribution is 2.12. The molecule has 0 saturated heterocycles. The van der Waals surface area contributed by atoms with Crippen molar-refractivity contribution in [3.05, 3.63) is 53.3 Å². The molecule has 0 unspecified atom stereocenters. The number of benzene rings is 1. The van der Waals surface area contributed by atoms with Crippen molar-refractivity contribution < 1.29 is 9.53 Å². The molecule has 2 aromatic rings. The molecule has 1 amide bonds. The first-order chi connectivity index (χ1) is 13.7. The van der Waals surface area contributed by atoms with Crippen molar-refractivity contribution >= 4 is 12.1 Å². The molecule has 0 bridgehead atoms. The van der Waals surface area contributed by atoms with E-state index < -0.39 is 5.60 Å². The van der Waals surface area contributed by atoms with E-state index in [9.17, 15) is 4.79 Å². The Morgan fingerprint density at radius 2 is 1.76 bits per heavy atom. The van der Waals surface area contributed by atoms with Crippen molar-refractivity contribution in [2.24, 2.45) is 12.0 Å². The number of hydrogen-bond donors (Lipinski definition) is 2. The smallest absolute Gasteiger partial charge is 0.410 e. The van der Waals surface area contributed by atoms with Gasteiger partial charge < -0.3 is 20.3 Å². The van der Waals surface area contributed by atoms with Crippen molar-refractivity contribution in [2.45, 2.75) is 46.0 Å². The normalized spacial score (nSPS) is 11.9. The molecule has 0 radical (unpaired) electrons. The molecule has 0 aliphatic rings. The Hall–Kier alpha value is -3.03. The quantitative estimate of drug-likeness (QED) is 0.575. The minimum absolute atomic E-state index is 0.327. The number of carbonyl (C=O) groups is 1. The van der Waals surface area contributed by atoms with E-state index in [1.807, 2.05) is 62.8 Å². The maximum atomic E-state index is 12.1. The Morgan fingerprint density at radius 3 is 2.31 bits per heavy atom. The van der Waals surface area contributed by atoms with Crippen molar-refractivity contribution in [1.29, 1.82) is 0 Å². The average Bonchev–Trinajstić information content (AvgIpc) is 3.06. The van der Waals surface area contributed by atoms with Crippen LogP contribution in [-0.4, -0.2) is 46.4 Å². The van der Waals surface area contributed by atoms with Crippen molar-refractivity contribution in [2.75, 3.05) is 14.1 Å². The first-order valence-corrected chi connectivity index (χ1v) is 9.61. The van der Waals surface area contributed by atoms with E-state index in [2.05, 4.69) is 20.7 Å². The summed E-state index contributed by atoms with van der Waals surface area (Å²) < 4.78 is 7.21. The zero-order valence-electron chi connectivity index (χ0n) is 18.2. The van der Waals surface area contributed by atoms with Crippen LogP contribution in [0.15, 0.2) is 41.5 Å². The van der Waals surface area contributed by atoms with Crippen molar-refractivity contribution in [3.63, 3.8) is 0 Å². The van der Waals surface area contributed by atoms with E-state index in [1.165, 1.54) is 0 Å². The monoisotopic (exact) mass is 400 g/mol. The SMILES string of the molecule is CN=C(NCc1ccc(CN(C)C(=O)OC(C)(C)C)cc1)NCc1ccnn1C. The number of rotatable bonds is 6. The number of ether oxygens (including phenoxy) is 1. The standard InChI is InChI=1S/C21H32N6O2/c1-21(2,3)29-20(28)26(5)15-17-9-7-16(8-10-17)13-23-19(22-4)24-14-18-11-12-25-27(18)6/h7-12H,13-15H2,1-6H3,(H2,22,23,24). The van der Waals surface area contributed by atoms with Crippen LogP contribution in [0.4, 0.5) is 4.79 Å². The summed E-state index contributed by atoms with van der Waals surface area (Å²) in [5.74, 6) is 0.722. The highest BCUT2D eigenvalue weighted by Gasteiger charge is 2.19. The van der Waals surface area contributed by atoms with Gasteiger partial charge in [0.2, 0.25) is 0 Å². The molecule has 158 valence electrons. The molecule has 2 N–H and O–H groups in total. The zero-order chi connectivity index (χ0) is 21.4. The third kappa shape index (κ3) is 7.48. The molecule has 1 heterocycles. The molecule has 0 fully saturated rings. The summed E-state index contributed by atoms with van der Waals surface area (Å²) in [6, 6.07) is 10.1. The predicted molar refractivity (Wildman–Crippen MR) is 114 cm³/mol. The summed E-state index contributed by atoms with van der Waals surface area (Å²) in [6.07, 6.45) is 1.45. The maximum absolute atomic E-state index is 12.1. The van der Waals surface area contributed by atoms with Gasteiger partial charge in [0.1, 0.15) is 5.60 Å². The lowest BCUT2D eigenvalue weighted by Crippen LogP contribution is -2.36. The predicted octanol–water partition coefficient (Wildman–Crippen LogP) is 2.65. The van der Waals surface area contributed by atoms with E-state index in [1.54, 1.807) is 25.2 Å². The Labute approximate surface area is 173 Å². The molecule has 0 saturated carbocycles. The molecular weight excluding hydrogens is 368 g/mol. The molecule has 0 spiro atoms. The number of nitrogens with zero attached hydrogens (tertiary/aromatic N) is 4. The molecule has 1 aromatic carbocycles. The van der Waals surface area contributed by atoms with Crippen LogP contribution in [0.5, 0.6) is 0 Å².